The van der Waals surface area contributed by atoms with Gasteiger partial charge in [-0.15, -0.1) is 0 Å². The largest absolute Gasteiger partial charge is 0.389 e. The lowest BCUT2D eigenvalue weighted by atomic mass is 9.91. The predicted molar refractivity (Wildman–Crippen MR) is 310 cm³/mol. The second-order valence-electron chi connectivity index (χ2n) is 23.1. The van der Waals surface area contributed by atoms with E-state index < -0.39 is 16.8 Å². The summed E-state index contributed by atoms with van der Waals surface area (Å²) >= 11 is 6.20. The highest BCUT2D eigenvalue weighted by molar-refractivity contribution is 6.31. The van der Waals surface area contributed by atoms with E-state index in [0.29, 0.717) is 59.4 Å². The molecule has 0 aliphatic heterocycles. The zero-order valence-corrected chi connectivity index (χ0v) is 47.4. The van der Waals surface area contributed by atoms with Crippen molar-refractivity contribution < 1.29 is 29.7 Å². The van der Waals surface area contributed by atoms with Gasteiger partial charge in [-0.3, -0.25) is 44.0 Å². The third-order valence-corrected chi connectivity index (χ3v) is 16.6. The number of carbonyl (C=O) groups is 3. The van der Waals surface area contributed by atoms with Crippen molar-refractivity contribution in [2.75, 3.05) is 16.0 Å². The lowest BCUT2D eigenvalue weighted by Crippen LogP contribution is -2.31. The molecule has 18 nitrogen and oxygen atoms in total. The van der Waals surface area contributed by atoms with E-state index in [1.807, 2.05) is 97.5 Å². The zero-order valence-electron chi connectivity index (χ0n) is 46.6. The molecule has 2 unspecified atom stereocenters. The van der Waals surface area contributed by atoms with Gasteiger partial charge in [0.1, 0.15) is 16.6 Å². The minimum Gasteiger partial charge on any atom is -0.389 e. The average molecular weight is 1110 g/mol. The number of fused-ring (bicyclic) bond motifs is 3. The molecule has 19 heteroatoms. The molecule has 2 atom stereocenters. The minimum absolute atomic E-state index is 0.0452. The molecule has 420 valence electrons. The summed E-state index contributed by atoms with van der Waals surface area (Å²) in [4.78, 5) is 65.6. The summed E-state index contributed by atoms with van der Waals surface area (Å²) in [5.74, 6) is 0.822. The Hall–Kier alpha value is -7.12. The summed E-state index contributed by atoms with van der Waals surface area (Å²) in [6, 6.07) is 27.1. The normalized spacial score (nSPS) is 17.7. The molecule has 0 saturated heterocycles. The molecule has 4 aliphatic carbocycles. The average Bonchev–Trinajstić information content (AvgIpc) is 4.25. The van der Waals surface area contributed by atoms with Crippen LogP contribution in [0.1, 0.15) is 168 Å². The van der Waals surface area contributed by atoms with Crippen molar-refractivity contribution in [2.24, 2.45) is 0 Å². The molecule has 0 bridgehead atoms. The summed E-state index contributed by atoms with van der Waals surface area (Å²) in [7, 11) is 0. The number of benzene rings is 2. The highest BCUT2D eigenvalue weighted by atomic mass is 35.5. The number of imidazole rings is 3. The van der Waals surface area contributed by atoms with Crippen LogP contribution in [0, 0.1) is 27.7 Å². The third-order valence-electron chi connectivity index (χ3n) is 16.3. The third kappa shape index (κ3) is 12.4. The van der Waals surface area contributed by atoms with Crippen LogP contribution >= 0.6 is 11.6 Å². The number of aryl methyl sites for hydroxylation is 4. The molecule has 6 aromatic heterocycles. The van der Waals surface area contributed by atoms with Crippen molar-refractivity contribution in [1.29, 1.82) is 0 Å². The highest BCUT2D eigenvalue weighted by Gasteiger charge is 2.36. The Morgan fingerprint density at radius 1 is 0.537 bits per heavy atom. The number of amides is 3. The Kier molecular flexibility index (Phi) is 16.3. The van der Waals surface area contributed by atoms with E-state index in [2.05, 4.69) is 50.4 Å². The Bertz CT molecular complexity index is 3570. The number of hydrogen-bond donors (Lipinski definition) is 6. The van der Waals surface area contributed by atoms with Crippen LogP contribution in [0.15, 0.2) is 84.9 Å². The smallest absolute Gasteiger partial charge is 0.229 e. The van der Waals surface area contributed by atoms with Crippen LogP contribution in [-0.2, 0) is 25.6 Å². The van der Waals surface area contributed by atoms with Gasteiger partial charge in [0.2, 0.25) is 35.6 Å². The second kappa shape index (κ2) is 23.2. The maximum absolute atomic E-state index is 12.7. The molecule has 2 aromatic carbocycles. The molecule has 80 heavy (non-hydrogen) atoms. The number of halogens is 1. The number of anilines is 3. The van der Waals surface area contributed by atoms with E-state index in [-0.39, 0.29) is 37.0 Å². The first-order valence-corrected chi connectivity index (χ1v) is 28.6. The maximum Gasteiger partial charge on any atom is 0.229 e. The van der Waals surface area contributed by atoms with Crippen molar-refractivity contribution in [3.63, 3.8) is 0 Å². The SMILES string of the molecule is Cc1ccc(C(C)(O)CC(=O)Nc2nc3ccc(C)nc3n2C2CCC2)cc1.Cc1ccc2nc(NC(=O)CC(C)(O)c3ccccc3Cl)n(C3CCC3)c2n1.Cc1ccc2nc(NC(=O)CC3(O)CCCC3)n(C3CCC3)c2n1. The van der Waals surface area contributed by atoms with Crippen molar-refractivity contribution in [1.82, 2.24) is 43.6 Å². The van der Waals surface area contributed by atoms with Crippen LogP contribution in [0.5, 0.6) is 0 Å². The first kappa shape index (κ1) is 56.2. The number of nitrogens with zero attached hydrogens (tertiary/aromatic N) is 9. The Labute approximate surface area is 470 Å². The first-order valence-electron chi connectivity index (χ1n) is 28.2. The minimum atomic E-state index is -1.38. The van der Waals surface area contributed by atoms with Crippen LogP contribution < -0.4 is 16.0 Å². The molecule has 0 spiro atoms. The van der Waals surface area contributed by atoms with Gasteiger partial charge >= 0.3 is 0 Å². The monoisotopic (exact) mass is 1100 g/mol. The number of rotatable bonds is 14. The van der Waals surface area contributed by atoms with Crippen LogP contribution in [-0.4, -0.2) is 82.2 Å². The van der Waals surface area contributed by atoms with Gasteiger partial charge in [-0.2, -0.15) is 0 Å². The van der Waals surface area contributed by atoms with Crippen molar-refractivity contribution in [3.8, 4) is 0 Å². The summed E-state index contributed by atoms with van der Waals surface area (Å²) in [6.45, 7) is 11.1. The molecule has 4 saturated carbocycles. The van der Waals surface area contributed by atoms with Crippen molar-refractivity contribution in [3.05, 3.63) is 124 Å². The molecule has 4 aliphatic rings. The van der Waals surface area contributed by atoms with Crippen molar-refractivity contribution in [2.45, 2.75) is 179 Å². The van der Waals surface area contributed by atoms with Gasteiger partial charge in [0.05, 0.1) is 36.1 Å². The standard InChI is InChI=1S/C22H26N4O2.C21H23ClN4O2.C18H24N4O2/c1-14-7-10-16(11-8-14)22(3,28)13-19(27)25-21-24-18-12-9-15(2)23-20(18)26(21)17-5-4-6-17;1-13-10-11-17-19(23-13)26(14-6-5-7-14)20(24-17)25-18(27)12-21(2,28)15-8-3-4-9-16(15)22;1-12-7-8-14-16(19-12)22(13-5-4-6-13)17(20-14)21-15(23)11-18(24)9-2-3-10-18/h7-12,17,28H,4-6,13H2,1-3H3,(H,24,25,27);3-4,8-11,14,28H,5-7,12H2,1-2H3,(H,24,25,27);7-8,13,24H,2-6,9-11H2,1H3,(H,20,21,23). The number of aliphatic hydroxyl groups is 3. The second-order valence-corrected chi connectivity index (χ2v) is 23.5. The van der Waals surface area contributed by atoms with Gasteiger partial charge in [0.15, 0.2) is 16.9 Å². The van der Waals surface area contributed by atoms with Crippen molar-refractivity contribution >= 4 is 80.7 Å². The maximum atomic E-state index is 12.7. The van der Waals surface area contributed by atoms with Gasteiger partial charge in [-0.05, 0) is 160 Å². The summed E-state index contributed by atoms with van der Waals surface area (Å²) in [6.07, 6.45) is 13.3. The molecule has 6 heterocycles. The van der Waals surface area contributed by atoms with Gasteiger partial charge in [-0.25, -0.2) is 29.9 Å². The number of hydrogen-bond acceptors (Lipinski definition) is 12. The van der Waals surface area contributed by atoms with E-state index in [1.165, 1.54) is 12.8 Å². The topological polar surface area (TPSA) is 240 Å². The van der Waals surface area contributed by atoms with E-state index >= 15 is 0 Å². The highest BCUT2D eigenvalue weighted by Crippen LogP contribution is 2.41. The van der Waals surface area contributed by atoms with Crippen LogP contribution in [0.2, 0.25) is 5.02 Å². The molecule has 3 amide bonds. The summed E-state index contributed by atoms with van der Waals surface area (Å²) in [5.41, 5.74) is 6.44. The van der Waals surface area contributed by atoms with E-state index in [9.17, 15) is 29.7 Å². The van der Waals surface area contributed by atoms with E-state index in [1.54, 1.807) is 38.1 Å². The fourth-order valence-corrected chi connectivity index (χ4v) is 11.4. The van der Waals surface area contributed by atoms with E-state index in [0.717, 1.165) is 119 Å². The first-order chi connectivity index (χ1) is 38.2. The predicted octanol–water partition coefficient (Wildman–Crippen LogP) is 11.5. The fourth-order valence-electron chi connectivity index (χ4n) is 11.1. The molecular formula is C61H73ClN12O6. The van der Waals surface area contributed by atoms with Gasteiger partial charge in [0.25, 0.3) is 0 Å². The number of carbonyl (C=O) groups excluding carboxylic acids is 3. The summed E-state index contributed by atoms with van der Waals surface area (Å²) in [5, 5.41) is 41.3. The van der Waals surface area contributed by atoms with Crippen LogP contribution in [0.25, 0.3) is 33.5 Å². The molecule has 6 N–H and O–H groups in total. The summed E-state index contributed by atoms with van der Waals surface area (Å²) < 4.78 is 6.14. The van der Waals surface area contributed by atoms with Gasteiger partial charge < -0.3 is 15.3 Å². The molecule has 8 aromatic rings. The van der Waals surface area contributed by atoms with Crippen LogP contribution in [0.4, 0.5) is 17.8 Å². The Morgan fingerprint density at radius 3 is 1.31 bits per heavy atom. The molecular weight excluding hydrogens is 1030 g/mol. The Balaban J connectivity index is 0.000000135. The lowest BCUT2D eigenvalue weighted by molar-refractivity contribution is -0.121. The Morgan fingerprint density at radius 2 is 0.925 bits per heavy atom. The number of nitrogens with one attached hydrogen (secondary N) is 3. The quantitative estimate of drug-likeness (QED) is 0.0596. The van der Waals surface area contributed by atoms with Gasteiger partial charge in [-0.1, -0.05) is 72.5 Å². The zero-order chi connectivity index (χ0) is 56.5. The lowest BCUT2D eigenvalue weighted by Gasteiger charge is -2.29. The molecule has 0 radical (unpaired) electrons. The molecule has 4 fully saturated rings. The van der Waals surface area contributed by atoms with E-state index in [4.69, 9.17) is 11.6 Å². The number of pyridine rings is 3. The van der Waals surface area contributed by atoms with Crippen LogP contribution in [0.3, 0.4) is 0 Å². The van der Waals surface area contributed by atoms with Gasteiger partial charge in [0, 0.05) is 45.8 Å². The fraction of sp³-hybridized carbons (Fsp3) is 0.459. The number of aromatic nitrogens is 9. The molecule has 12 rings (SSSR count).